The molecule has 0 saturated carbocycles. The van der Waals surface area contributed by atoms with Gasteiger partial charge in [-0.15, -0.1) is 0 Å². The molecule has 0 atom stereocenters. The van der Waals surface area contributed by atoms with E-state index in [2.05, 4.69) is 9.44 Å². The molecule has 0 saturated heterocycles. The van der Waals surface area contributed by atoms with Crippen LogP contribution < -0.4 is 9.44 Å². The summed E-state index contributed by atoms with van der Waals surface area (Å²) >= 11 is 11.8. The fourth-order valence-electron chi connectivity index (χ4n) is 2.67. The number of nitrogens with one attached hydrogen (secondary N) is 2. The molecule has 0 bridgehead atoms. The topological polar surface area (TPSA) is 135 Å². The van der Waals surface area contributed by atoms with Crippen molar-refractivity contribution < 1.29 is 21.8 Å². The minimum atomic E-state index is -3.99. The Morgan fingerprint density at radius 3 is 2.19 bits per heavy atom. The number of halogens is 2. The minimum absolute atomic E-state index is 0.117. The Morgan fingerprint density at radius 2 is 1.56 bits per heavy atom. The van der Waals surface area contributed by atoms with E-state index in [1.807, 2.05) is 0 Å². The van der Waals surface area contributed by atoms with Crippen LogP contribution in [0.4, 0.5) is 17.1 Å². The Morgan fingerprint density at radius 1 is 0.875 bits per heavy atom. The second-order valence-corrected chi connectivity index (χ2v) is 10.8. The van der Waals surface area contributed by atoms with Gasteiger partial charge in [-0.25, -0.2) is 16.8 Å². The lowest BCUT2D eigenvalue weighted by Crippen LogP contribution is -2.16. The molecule has 3 rings (SSSR count). The van der Waals surface area contributed by atoms with E-state index in [0.29, 0.717) is 5.02 Å². The molecule has 0 radical (unpaired) electrons. The summed E-state index contributed by atoms with van der Waals surface area (Å²) < 4.78 is 54.6. The van der Waals surface area contributed by atoms with Crippen LogP contribution in [0.2, 0.25) is 10.0 Å². The predicted molar refractivity (Wildman–Crippen MR) is 123 cm³/mol. The van der Waals surface area contributed by atoms with Crippen molar-refractivity contribution in [3.05, 3.63) is 92.5 Å². The van der Waals surface area contributed by atoms with E-state index in [4.69, 9.17) is 23.2 Å². The minimum Gasteiger partial charge on any atom is -0.283 e. The van der Waals surface area contributed by atoms with Crippen molar-refractivity contribution in [1.82, 2.24) is 0 Å². The normalized spacial score (nSPS) is 11.7. The van der Waals surface area contributed by atoms with Gasteiger partial charge in [-0.3, -0.25) is 19.6 Å². The lowest BCUT2D eigenvalue weighted by atomic mass is 10.2. The largest absolute Gasteiger partial charge is 0.283 e. The molecule has 13 heteroatoms. The standard InChI is InChI=1S/C19H15Cl2N3O6S2/c20-14-4-9-19(18(21)11-14)23-32(29,30)17-7-5-15(6-8-17)22-31(27,28)12-13-2-1-3-16(10-13)24(25)26/h1-11,22-23H,12H2. The van der Waals surface area contributed by atoms with Crippen molar-refractivity contribution >= 4 is 60.3 Å². The monoisotopic (exact) mass is 515 g/mol. The van der Waals surface area contributed by atoms with Crippen molar-refractivity contribution in [2.75, 3.05) is 9.44 Å². The zero-order valence-electron chi connectivity index (χ0n) is 16.0. The Kier molecular flexibility index (Phi) is 6.94. The lowest BCUT2D eigenvalue weighted by molar-refractivity contribution is -0.384. The maximum Gasteiger partial charge on any atom is 0.269 e. The number of non-ortho nitro benzene ring substituents is 1. The molecule has 0 heterocycles. The Balaban J connectivity index is 1.73. The van der Waals surface area contributed by atoms with Gasteiger partial charge in [0.25, 0.3) is 15.7 Å². The van der Waals surface area contributed by atoms with Gasteiger partial charge in [0.05, 0.1) is 26.3 Å². The summed E-state index contributed by atoms with van der Waals surface area (Å²) in [4.78, 5) is 10.1. The van der Waals surface area contributed by atoms with Gasteiger partial charge in [0.15, 0.2) is 0 Å². The molecule has 32 heavy (non-hydrogen) atoms. The summed E-state index contributed by atoms with van der Waals surface area (Å²) in [5.41, 5.74) is 0.271. The Hall–Kier alpha value is -2.86. The molecule has 0 aromatic heterocycles. The average molecular weight is 516 g/mol. The molecular formula is C19H15Cl2N3O6S2. The molecule has 0 spiro atoms. The van der Waals surface area contributed by atoms with Gasteiger partial charge in [-0.2, -0.15) is 0 Å². The second kappa shape index (κ2) is 9.33. The average Bonchev–Trinajstić information content (AvgIpc) is 2.70. The van der Waals surface area contributed by atoms with E-state index in [1.54, 1.807) is 0 Å². The smallest absolute Gasteiger partial charge is 0.269 e. The summed E-state index contributed by atoms with van der Waals surface area (Å²) in [5.74, 6) is -0.495. The summed E-state index contributed by atoms with van der Waals surface area (Å²) in [5, 5.41) is 11.3. The van der Waals surface area contributed by atoms with Gasteiger partial charge in [0, 0.05) is 22.8 Å². The van der Waals surface area contributed by atoms with Gasteiger partial charge in [0.2, 0.25) is 10.0 Å². The molecule has 2 N–H and O–H groups in total. The second-order valence-electron chi connectivity index (χ2n) is 6.54. The zero-order chi connectivity index (χ0) is 23.5. The first-order valence-electron chi connectivity index (χ1n) is 8.77. The first-order valence-corrected chi connectivity index (χ1v) is 12.7. The molecule has 168 valence electrons. The Labute approximate surface area is 194 Å². The quantitative estimate of drug-likeness (QED) is 0.331. The first-order chi connectivity index (χ1) is 14.9. The molecule has 0 unspecified atom stereocenters. The van der Waals surface area contributed by atoms with Gasteiger partial charge < -0.3 is 0 Å². The number of sulfonamides is 2. The summed E-state index contributed by atoms with van der Waals surface area (Å²) in [7, 11) is -7.89. The highest BCUT2D eigenvalue weighted by Gasteiger charge is 2.18. The van der Waals surface area contributed by atoms with E-state index in [1.165, 1.54) is 66.7 Å². The number of anilines is 2. The molecular weight excluding hydrogens is 501 g/mol. The van der Waals surface area contributed by atoms with Crippen LogP contribution >= 0.6 is 23.2 Å². The number of nitro benzene ring substituents is 1. The number of hydrogen-bond donors (Lipinski definition) is 2. The van der Waals surface area contributed by atoms with Gasteiger partial charge in [-0.1, -0.05) is 35.3 Å². The van der Waals surface area contributed by atoms with Crippen molar-refractivity contribution in [3.8, 4) is 0 Å². The van der Waals surface area contributed by atoms with E-state index < -0.39 is 30.7 Å². The molecule has 0 aliphatic heterocycles. The van der Waals surface area contributed by atoms with E-state index >= 15 is 0 Å². The number of nitro groups is 1. The van der Waals surface area contributed by atoms with Crippen LogP contribution in [-0.2, 0) is 25.8 Å². The van der Waals surface area contributed by atoms with Crippen LogP contribution in [0.1, 0.15) is 5.56 Å². The molecule has 3 aromatic rings. The third-order valence-corrected chi connectivity index (χ3v) is 7.28. The lowest BCUT2D eigenvalue weighted by Gasteiger charge is -2.11. The van der Waals surface area contributed by atoms with Crippen molar-refractivity contribution in [2.45, 2.75) is 10.6 Å². The van der Waals surface area contributed by atoms with Crippen LogP contribution in [-0.4, -0.2) is 21.8 Å². The van der Waals surface area contributed by atoms with E-state index in [9.17, 15) is 26.9 Å². The molecule has 0 aliphatic carbocycles. The SMILES string of the molecule is O=[N+]([O-])c1cccc(CS(=O)(=O)Nc2ccc(S(=O)(=O)Nc3ccc(Cl)cc3Cl)cc2)c1. The molecule has 9 nitrogen and oxygen atoms in total. The van der Waals surface area contributed by atoms with Gasteiger partial charge in [0.1, 0.15) is 0 Å². The van der Waals surface area contributed by atoms with Crippen molar-refractivity contribution in [2.24, 2.45) is 0 Å². The fraction of sp³-hybridized carbons (Fsp3) is 0.0526. The highest BCUT2D eigenvalue weighted by Crippen LogP contribution is 2.28. The molecule has 0 amide bonds. The highest BCUT2D eigenvalue weighted by molar-refractivity contribution is 7.92. The van der Waals surface area contributed by atoms with Gasteiger partial charge in [-0.05, 0) is 48.0 Å². The number of nitrogens with zero attached hydrogens (tertiary/aromatic N) is 1. The molecule has 0 aliphatic rings. The molecule has 3 aromatic carbocycles. The number of rotatable bonds is 8. The summed E-state index contributed by atoms with van der Waals surface area (Å²) in [6.07, 6.45) is 0. The number of hydrogen-bond acceptors (Lipinski definition) is 6. The van der Waals surface area contributed by atoms with Crippen LogP contribution in [0.25, 0.3) is 0 Å². The van der Waals surface area contributed by atoms with E-state index in [-0.39, 0.29) is 32.5 Å². The third kappa shape index (κ3) is 6.10. The van der Waals surface area contributed by atoms with Crippen LogP contribution in [0.3, 0.4) is 0 Å². The van der Waals surface area contributed by atoms with Crippen molar-refractivity contribution in [1.29, 1.82) is 0 Å². The van der Waals surface area contributed by atoms with Crippen LogP contribution in [0.5, 0.6) is 0 Å². The number of benzene rings is 3. The predicted octanol–water partition coefficient (Wildman–Crippen LogP) is 4.64. The van der Waals surface area contributed by atoms with Crippen LogP contribution in [0.15, 0.2) is 71.6 Å². The third-order valence-electron chi connectivity index (χ3n) is 4.09. The fourth-order valence-corrected chi connectivity index (χ4v) is 5.45. The maximum atomic E-state index is 12.6. The maximum absolute atomic E-state index is 12.6. The Bertz CT molecular complexity index is 1380. The zero-order valence-corrected chi connectivity index (χ0v) is 19.2. The van der Waals surface area contributed by atoms with Crippen LogP contribution in [0, 0.1) is 10.1 Å². The first kappa shape index (κ1) is 23.8. The van der Waals surface area contributed by atoms with Gasteiger partial charge >= 0.3 is 0 Å². The summed E-state index contributed by atoms with van der Waals surface area (Å²) in [6.45, 7) is 0. The molecule has 0 fully saturated rings. The van der Waals surface area contributed by atoms with Crippen molar-refractivity contribution in [3.63, 3.8) is 0 Å². The summed E-state index contributed by atoms with van der Waals surface area (Å²) in [6, 6.07) is 14.6. The highest BCUT2D eigenvalue weighted by atomic mass is 35.5. The van der Waals surface area contributed by atoms with E-state index in [0.717, 1.165) is 0 Å².